The number of carbonyl (C=O) groups is 3. The molecule has 1 spiro atoms. The van der Waals surface area contributed by atoms with Crippen molar-refractivity contribution in [2.75, 3.05) is 19.7 Å². The first-order chi connectivity index (χ1) is 20.0. The van der Waals surface area contributed by atoms with Crippen molar-refractivity contribution in [3.05, 3.63) is 36.0 Å². The summed E-state index contributed by atoms with van der Waals surface area (Å²) >= 11 is 0. The summed E-state index contributed by atoms with van der Waals surface area (Å²) < 4.78 is 23.4. The molecule has 8 atom stereocenters. The number of ether oxygens (including phenoxy) is 4. The Bertz CT molecular complexity index is 1050. The van der Waals surface area contributed by atoms with Gasteiger partial charge in [0, 0.05) is 32.0 Å². The number of likely N-dealkylation sites (tertiary alicyclic amines) is 1. The van der Waals surface area contributed by atoms with Crippen LogP contribution in [-0.2, 0) is 28.5 Å². The topological polar surface area (TPSA) is 127 Å². The van der Waals surface area contributed by atoms with E-state index in [0.717, 1.165) is 57.2 Å². The molecule has 4 saturated heterocycles. The van der Waals surface area contributed by atoms with Crippen LogP contribution in [0.15, 0.2) is 36.0 Å². The smallest absolute Gasteiger partial charge is 0.410 e. The first kappa shape index (κ1) is 32.2. The molecule has 4 aliphatic rings. The highest BCUT2D eigenvalue weighted by atomic mass is 16.6. The van der Waals surface area contributed by atoms with Crippen molar-refractivity contribution in [2.24, 2.45) is 5.92 Å². The van der Waals surface area contributed by atoms with Gasteiger partial charge in [-0.05, 0) is 64.9 Å². The maximum atomic E-state index is 12.6. The Morgan fingerprint density at radius 1 is 1.12 bits per heavy atom. The highest BCUT2D eigenvalue weighted by Crippen LogP contribution is 2.43. The average molecular weight is 589 g/mol. The average Bonchev–Trinajstić information content (AvgIpc) is 3.69. The number of hydrogen-bond donors (Lipinski definition) is 2. The first-order valence-corrected chi connectivity index (χ1v) is 15.5. The summed E-state index contributed by atoms with van der Waals surface area (Å²) in [4.78, 5) is 37.8. The Morgan fingerprint density at radius 2 is 1.86 bits per heavy atom. The van der Waals surface area contributed by atoms with Crippen molar-refractivity contribution in [2.45, 2.75) is 121 Å². The fourth-order valence-electron chi connectivity index (χ4n) is 6.12. The van der Waals surface area contributed by atoms with Crippen molar-refractivity contribution in [1.29, 1.82) is 0 Å². The number of piperidine rings is 1. The number of allylic oxidation sites excluding steroid dienone is 2. The molecule has 10 nitrogen and oxygen atoms in total. The lowest BCUT2D eigenvalue weighted by Gasteiger charge is -2.39. The number of aliphatic carboxylic acids is 1. The van der Waals surface area contributed by atoms with Gasteiger partial charge in [-0.2, -0.15) is 0 Å². The molecular weight excluding hydrogens is 540 g/mol. The molecule has 0 radical (unpaired) electrons. The Hall–Kier alpha value is -2.69. The van der Waals surface area contributed by atoms with E-state index in [4.69, 9.17) is 24.1 Å². The fraction of sp³-hybridized carbons (Fsp3) is 0.719. The Kier molecular flexibility index (Phi) is 11.3. The zero-order valence-electron chi connectivity index (χ0n) is 25.5. The molecule has 0 saturated carbocycles. The molecule has 4 heterocycles. The number of hydrogen-bond acceptors (Lipinski definition) is 7. The third-order valence-corrected chi connectivity index (χ3v) is 8.70. The largest absolute Gasteiger partial charge is 0.481 e. The quantitative estimate of drug-likeness (QED) is 0.216. The standard InChI is InChI=1S/C32H48N2O8/c1-21(8-11-25-18-32(20-39-32)19-26(42-25)17-30(36)37)9-12-28-22(2)16-27(24(4)41-28)33-29(35)13-10-23(3)40-31(38)34-14-6-5-7-15-34/h8-11,13,22-28H,5-7,12,14-20H2,1-4H3,(H,33,35)(H,36,37). The SMILES string of the molecule is CC(C=CC1CC2(CO2)CC(CC(=O)O)O1)=CCC1OC(C)C(NC(=O)C=CC(C)OC(=O)N2CCCCC2)CC1C. The van der Waals surface area contributed by atoms with Gasteiger partial charge in [0.15, 0.2) is 0 Å². The van der Waals surface area contributed by atoms with Gasteiger partial charge in [0.25, 0.3) is 0 Å². The van der Waals surface area contributed by atoms with Crippen LogP contribution in [0.4, 0.5) is 4.79 Å². The van der Waals surface area contributed by atoms with Gasteiger partial charge in [-0.15, -0.1) is 0 Å². The summed E-state index contributed by atoms with van der Waals surface area (Å²) in [6.45, 7) is 10.0. The van der Waals surface area contributed by atoms with E-state index >= 15 is 0 Å². The first-order valence-electron chi connectivity index (χ1n) is 15.5. The van der Waals surface area contributed by atoms with Gasteiger partial charge in [-0.1, -0.05) is 30.7 Å². The van der Waals surface area contributed by atoms with Gasteiger partial charge in [-0.3, -0.25) is 9.59 Å². The second-order valence-electron chi connectivity index (χ2n) is 12.5. The number of nitrogens with one attached hydrogen (secondary N) is 1. The molecule has 4 aliphatic heterocycles. The predicted molar refractivity (Wildman–Crippen MR) is 157 cm³/mol. The van der Waals surface area contributed by atoms with Crippen LogP contribution in [0, 0.1) is 5.92 Å². The zero-order valence-corrected chi connectivity index (χ0v) is 25.5. The molecular formula is C32H48N2O8. The second-order valence-corrected chi connectivity index (χ2v) is 12.5. The maximum Gasteiger partial charge on any atom is 0.410 e. The minimum Gasteiger partial charge on any atom is -0.481 e. The molecule has 8 unspecified atom stereocenters. The third kappa shape index (κ3) is 9.67. The van der Waals surface area contributed by atoms with Crippen LogP contribution in [0.5, 0.6) is 0 Å². The molecule has 234 valence electrons. The Balaban J connectivity index is 1.19. The Morgan fingerprint density at radius 3 is 2.55 bits per heavy atom. The number of epoxide rings is 1. The number of carboxylic acids is 1. The lowest BCUT2D eigenvalue weighted by atomic mass is 9.88. The summed E-state index contributed by atoms with van der Waals surface area (Å²) in [5, 5.41) is 12.2. The van der Waals surface area contributed by atoms with Gasteiger partial charge < -0.3 is 34.3 Å². The van der Waals surface area contributed by atoms with Gasteiger partial charge in [0.05, 0.1) is 49.1 Å². The molecule has 0 aromatic carbocycles. The van der Waals surface area contributed by atoms with E-state index in [2.05, 4.69) is 18.3 Å². The van der Waals surface area contributed by atoms with Crippen molar-refractivity contribution >= 4 is 18.0 Å². The Labute approximate surface area is 249 Å². The molecule has 0 aromatic heterocycles. The molecule has 2 amide bonds. The van der Waals surface area contributed by atoms with Crippen LogP contribution in [0.3, 0.4) is 0 Å². The predicted octanol–water partition coefficient (Wildman–Crippen LogP) is 4.54. The van der Waals surface area contributed by atoms with E-state index < -0.39 is 12.1 Å². The van der Waals surface area contributed by atoms with E-state index in [1.807, 2.05) is 26.0 Å². The van der Waals surface area contributed by atoms with Crippen molar-refractivity contribution in [3.8, 4) is 0 Å². The monoisotopic (exact) mass is 588 g/mol. The second kappa shape index (κ2) is 14.7. The van der Waals surface area contributed by atoms with Crippen LogP contribution in [-0.4, -0.2) is 89.8 Å². The zero-order chi connectivity index (χ0) is 30.3. The lowest BCUT2D eigenvalue weighted by molar-refractivity contribution is -0.143. The van der Waals surface area contributed by atoms with Crippen LogP contribution in [0.1, 0.15) is 79.1 Å². The van der Waals surface area contributed by atoms with Gasteiger partial charge in [0.1, 0.15) is 6.10 Å². The summed E-state index contributed by atoms with van der Waals surface area (Å²) in [5.74, 6) is -0.832. The van der Waals surface area contributed by atoms with E-state index in [1.54, 1.807) is 17.9 Å². The van der Waals surface area contributed by atoms with Crippen LogP contribution < -0.4 is 5.32 Å². The molecule has 2 N–H and O–H groups in total. The van der Waals surface area contributed by atoms with Gasteiger partial charge in [0.2, 0.25) is 5.91 Å². The van der Waals surface area contributed by atoms with E-state index in [0.29, 0.717) is 13.0 Å². The highest BCUT2D eigenvalue weighted by molar-refractivity contribution is 5.87. The number of nitrogens with zero attached hydrogens (tertiary/aromatic N) is 1. The van der Waals surface area contributed by atoms with Crippen molar-refractivity contribution in [3.63, 3.8) is 0 Å². The van der Waals surface area contributed by atoms with Crippen LogP contribution >= 0.6 is 0 Å². The summed E-state index contributed by atoms with van der Waals surface area (Å²) in [7, 11) is 0. The normalized spacial score (nSPS) is 34.5. The van der Waals surface area contributed by atoms with Gasteiger partial charge >= 0.3 is 12.1 Å². The lowest BCUT2D eigenvalue weighted by Crippen LogP contribution is -2.50. The fourth-order valence-corrected chi connectivity index (χ4v) is 6.12. The van der Waals surface area contributed by atoms with Gasteiger partial charge in [-0.25, -0.2) is 4.79 Å². The molecule has 42 heavy (non-hydrogen) atoms. The van der Waals surface area contributed by atoms with Crippen molar-refractivity contribution in [1.82, 2.24) is 10.2 Å². The molecule has 0 aliphatic carbocycles. The summed E-state index contributed by atoms with van der Waals surface area (Å²) in [6.07, 6.45) is 13.9. The molecule has 4 fully saturated rings. The number of carbonyl (C=O) groups excluding carboxylic acids is 2. The van der Waals surface area contributed by atoms with Crippen molar-refractivity contribution < 1.29 is 38.4 Å². The highest BCUT2D eigenvalue weighted by Gasteiger charge is 2.51. The van der Waals surface area contributed by atoms with E-state index in [-0.39, 0.29) is 60.4 Å². The van der Waals surface area contributed by atoms with Crippen LogP contribution in [0.25, 0.3) is 0 Å². The van der Waals surface area contributed by atoms with E-state index in [9.17, 15) is 14.4 Å². The van der Waals surface area contributed by atoms with E-state index in [1.165, 1.54) is 6.08 Å². The molecule has 0 aromatic rings. The minimum absolute atomic E-state index is 0.00942. The summed E-state index contributed by atoms with van der Waals surface area (Å²) in [6, 6.07) is -0.108. The number of amides is 2. The number of rotatable bonds is 10. The number of carboxylic acid groups (broad SMARTS) is 1. The summed E-state index contributed by atoms with van der Waals surface area (Å²) in [5.41, 5.74) is 0.871. The molecule has 4 rings (SSSR count). The molecule has 0 bridgehead atoms. The maximum absolute atomic E-state index is 12.6. The minimum atomic E-state index is -0.855. The molecule has 10 heteroatoms. The van der Waals surface area contributed by atoms with Crippen LogP contribution in [0.2, 0.25) is 0 Å². The third-order valence-electron chi connectivity index (χ3n) is 8.70.